The Balaban J connectivity index is 1.79. The maximum absolute atomic E-state index is 12.1. The number of nitrogens with one attached hydrogen (secondary N) is 1. The molecule has 0 aliphatic carbocycles. The number of hydrogen-bond donors (Lipinski definition) is 1. The van der Waals surface area contributed by atoms with Crippen molar-refractivity contribution in [3.05, 3.63) is 47.7 Å². The fourth-order valence-corrected chi connectivity index (χ4v) is 2.70. The Morgan fingerprint density at radius 2 is 1.74 bits per heavy atom. The summed E-state index contributed by atoms with van der Waals surface area (Å²) in [6.07, 6.45) is 2.51. The van der Waals surface area contributed by atoms with Gasteiger partial charge in [0, 0.05) is 19.3 Å². The van der Waals surface area contributed by atoms with Gasteiger partial charge in [-0.25, -0.2) is 4.79 Å². The summed E-state index contributed by atoms with van der Waals surface area (Å²) in [7, 11) is 1.32. The molecule has 2 rings (SSSR count). The van der Waals surface area contributed by atoms with E-state index in [2.05, 4.69) is 27.6 Å². The molecule has 0 spiro atoms. The molecule has 7 heteroatoms. The quantitative estimate of drug-likeness (QED) is 0.643. The van der Waals surface area contributed by atoms with E-state index >= 15 is 0 Å². The van der Waals surface area contributed by atoms with Crippen molar-refractivity contribution in [1.29, 1.82) is 0 Å². The number of nitrogens with zero attached hydrogens (tertiary/aromatic N) is 2. The van der Waals surface area contributed by atoms with Gasteiger partial charge in [0.05, 0.1) is 7.11 Å². The van der Waals surface area contributed by atoms with Crippen molar-refractivity contribution in [3.8, 4) is 0 Å². The van der Waals surface area contributed by atoms with Gasteiger partial charge in [0.25, 0.3) is 0 Å². The Bertz CT molecular complexity index is 728. The Hall–Kier alpha value is -2.70. The molecule has 1 N–H and O–H groups in total. The lowest BCUT2D eigenvalue weighted by molar-refractivity contribution is -0.145. The van der Waals surface area contributed by atoms with Crippen LogP contribution in [-0.4, -0.2) is 35.2 Å². The van der Waals surface area contributed by atoms with Gasteiger partial charge in [-0.2, -0.15) is 0 Å². The van der Waals surface area contributed by atoms with Gasteiger partial charge >= 0.3 is 5.97 Å². The molecule has 1 aromatic carbocycles. The van der Waals surface area contributed by atoms with E-state index in [1.807, 2.05) is 32.0 Å². The number of aryl methyl sites for hydroxylation is 3. The van der Waals surface area contributed by atoms with Gasteiger partial charge in [-0.1, -0.05) is 44.2 Å². The second-order valence-corrected chi connectivity index (χ2v) is 6.85. The average Bonchev–Trinajstić information content (AvgIpc) is 3.12. The molecule has 1 aromatic heterocycles. The van der Waals surface area contributed by atoms with Crippen molar-refractivity contribution in [2.24, 2.45) is 5.92 Å². The van der Waals surface area contributed by atoms with Crippen LogP contribution in [0.25, 0.3) is 0 Å². The fourth-order valence-electron chi connectivity index (χ4n) is 2.70. The summed E-state index contributed by atoms with van der Waals surface area (Å²) in [6.45, 7) is 3.97. The van der Waals surface area contributed by atoms with E-state index in [1.165, 1.54) is 12.7 Å². The molecule has 0 fully saturated rings. The molecule has 27 heavy (non-hydrogen) atoms. The Labute approximate surface area is 159 Å². The number of rotatable bonds is 10. The number of amides is 1. The van der Waals surface area contributed by atoms with Crippen LogP contribution in [0.5, 0.6) is 0 Å². The van der Waals surface area contributed by atoms with Gasteiger partial charge in [-0.15, -0.1) is 10.2 Å². The first-order valence-electron chi connectivity index (χ1n) is 9.20. The van der Waals surface area contributed by atoms with Crippen molar-refractivity contribution in [3.63, 3.8) is 0 Å². The molecule has 0 aliphatic rings. The minimum Gasteiger partial charge on any atom is -0.467 e. The highest BCUT2D eigenvalue weighted by molar-refractivity contribution is 5.84. The van der Waals surface area contributed by atoms with Crippen molar-refractivity contribution >= 4 is 11.9 Å². The molecule has 1 amide bonds. The summed E-state index contributed by atoms with van der Waals surface area (Å²) in [6, 6.07) is 9.44. The SMILES string of the molecule is COC(=O)[C@H](CC(C)C)NC(=O)CCc1nnc(CCc2ccccc2)o1. The third-order valence-electron chi connectivity index (χ3n) is 4.07. The second kappa shape index (κ2) is 10.4. The highest BCUT2D eigenvalue weighted by Crippen LogP contribution is 2.09. The summed E-state index contributed by atoms with van der Waals surface area (Å²) in [5, 5.41) is 10.7. The zero-order chi connectivity index (χ0) is 19.6. The number of aromatic nitrogens is 2. The topological polar surface area (TPSA) is 94.3 Å². The Morgan fingerprint density at radius 1 is 1.07 bits per heavy atom. The minimum absolute atomic E-state index is 0.173. The predicted octanol–water partition coefficient (Wildman–Crippen LogP) is 2.49. The van der Waals surface area contributed by atoms with Crippen molar-refractivity contribution in [2.75, 3.05) is 7.11 Å². The maximum Gasteiger partial charge on any atom is 0.328 e. The fraction of sp³-hybridized carbons (Fsp3) is 0.500. The summed E-state index contributed by atoms with van der Waals surface area (Å²) in [4.78, 5) is 23.9. The predicted molar refractivity (Wildman–Crippen MR) is 99.9 cm³/mol. The van der Waals surface area contributed by atoms with E-state index in [0.29, 0.717) is 31.0 Å². The summed E-state index contributed by atoms with van der Waals surface area (Å²) >= 11 is 0. The van der Waals surface area contributed by atoms with E-state index < -0.39 is 12.0 Å². The van der Waals surface area contributed by atoms with Crippen LogP contribution < -0.4 is 5.32 Å². The third-order valence-corrected chi connectivity index (χ3v) is 4.07. The van der Waals surface area contributed by atoms with Gasteiger partial charge in [0.1, 0.15) is 6.04 Å². The van der Waals surface area contributed by atoms with Crippen molar-refractivity contribution < 1.29 is 18.7 Å². The monoisotopic (exact) mass is 373 g/mol. The summed E-state index contributed by atoms with van der Waals surface area (Å²) in [5.41, 5.74) is 1.20. The standard InChI is InChI=1S/C20H27N3O4/c1-14(2)13-16(20(25)26-3)21-17(24)10-12-19-23-22-18(27-19)11-9-15-7-5-4-6-8-15/h4-8,14,16H,9-13H2,1-3H3,(H,21,24)/t16-/m0/s1. The largest absolute Gasteiger partial charge is 0.467 e. The normalized spacial score (nSPS) is 12.0. The highest BCUT2D eigenvalue weighted by Gasteiger charge is 2.22. The van der Waals surface area contributed by atoms with Crippen LogP contribution in [-0.2, 0) is 33.6 Å². The molecule has 0 radical (unpaired) electrons. The van der Waals surface area contributed by atoms with Gasteiger partial charge in [0.2, 0.25) is 17.7 Å². The van der Waals surface area contributed by atoms with Crippen molar-refractivity contribution in [1.82, 2.24) is 15.5 Å². The zero-order valence-corrected chi connectivity index (χ0v) is 16.1. The lowest BCUT2D eigenvalue weighted by Crippen LogP contribution is -2.42. The van der Waals surface area contributed by atoms with E-state index in [1.54, 1.807) is 0 Å². The first-order valence-corrected chi connectivity index (χ1v) is 9.20. The second-order valence-electron chi connectivity index (χ2n) is 6.85. The molecular weight excluding hydrogens is 346 g/mol. The van der Waals surface area contributed by atoms with Gasteiger partial charge in [0.15, 0.2) is 0 Å². The van der Waals surface area contributed by atoms with Gasteiger partial charge in [-0.05, 0) is 24.3 Å². The number of benzene rings is 1. The molecule has 146 valence electrons. The van der Waals surface area contributed by atoms with Crippen LogP contribution in [0.2, 0.25) is 0 Å². The Kier molecular flexibility index (Phi) is 7.98. The minimum atomic E-state index is -0.633. The molecule has 1 atom stereocenters. The molecule has 7 nitrogen and oxygen atoms in total. The van der Waals surface area contributed by atoms with E-state index in [9.17, 15) is 9.59 Å². The molecule has 0 saturated heterocycles. The molecule has 0 aliphatic heterocycles. The molecule has 0 unspecified atom stereocenters. The summed E-state index contributed by atoms with van der Waals surface area (Å²) < 4.78 is 10.3. The highest BCUT2D eigenvalue weighted by atomic mass is 16.5. The first-order chi connectivity index (χ1) is 13.0. The van der Waals surface area contributed by atoms with Crippen LogP contribution in [0.4, 0.5) is 0 Å². The number of esters is 1. The average molecular weight is 373 g/mol. The number of hydrogen-bond acceptors (Lipinski definition) is 6. The zero-order valence-electron chi connectivity index (χ0n) is 16.1. The Morgan fingerprint density at radius 3 is 2.37 bits per heavy atom. The number of carbonyl (C=O) groups is 2. The van der Waals surface area contributed by atoms with Gasteiger partial charge < -0.3 is 14.5 Å². The van der Waals surface area contributed by atoms with Gasteiger partial charge in [-0.3, -0.25) is 4.79 Å². The van der Waals surface area contributed by atoms with E-state index in [4.69, 9.17) is 9.15 Å². The van der Waals surface area contributed by atoms with Crippen LogP contribution in [0.1, 0.15) is 44.0 Å². The van der Waals surface area contributed by atoms with Crippen LogP contribution in [0.3, 0.4) is 0 Å². The van der Waals surface area contributed by atoms with Crippen LogP contribution >= 0.6 is 0 Å². The lowest BCUT2D eigenvalue weighted by atomic mass is 10.0. The molecule has 2 aromatic rings. The number of ether oxygens (including phenoxy) is 1. The molecule has 0 saturated carbocycles. The first kappa shape index (κ1) is 20.6. The van der Waals surface area contributed by atoms with Crippen molar-refractivity contribution in [2.45, 2.75) is 52.0 Å². The van der Waals surface area contributed by atoms with Crippen LogP contribution in [0.15, 0.2) is 34.7 Å². The maximum atomic E-state index is 12.1. The molecule has 1 heterocycles. The third kappa shape index (κ3) is 7.21. The van der Waals surface area contributed by atoms with E-state index in [-0.39, 0.29) is 18.2 Å². The molecule has 0 bridgehead atoms. The van der Waals surface area contributed by atoms with Crippen LogP contribution in [0, 0.1) is 5.92 Å². The summed E-state index contributed by atoms with van der Waals surface area (Å²) in [5.74, 6) is 0.568. The lowest BCUT2D eigenvalue weighted by Gasteiger charge is -2.18. The number of carbonyl (C=O) groups excluding carboxylic acids is 2. The van der Waals surface area contributed by atoms with E-state index in [0.717, 1.165) is 6.42 Å². The number of methoxy groups -OCH3 is 1. The smallest absolute Gasteiger partial charge is 0.328 e. The molecular formula is C20H27N3O4.